The maximum atomic E-state index is 13.5. The molecule has 2 aromatic rings. The highest BCUT2D eigenvalue weighted by molar-refractivity contribution is 6.39. The Balaban J connectivity index is 1.39. The van der Waals surface area contributed by atoms with E-state index in [2.05, 4.69) is 10.5 Å². The normalized spacial score (nSPS) is 22.3. The fourth-order valence-corrected chi connectivity index (χ4v) is 5.16. The fraction of sp³-hybridized carbons (Fsp3) is 0.333. The molecule has 1 unspecified atom stereocenters. The summed E-state index contributed by atoms with van der Waals surface area (Å²) in [5.74, 6) is -0.237. The Hall–Kier alpha value is -3.19. The van der Waals surface area contributed by atoms with Crippen LogP contribution in [0.5, 0.6) is 0 Å². The minimum Gasteiger partial charge on any atom is -0.337 e. The van der Waals surface area contributed by atoms with Crippen LogP contribution in [0, 0.1) is 5.41 Å². The van der Waals surface area contributed by atoms with Crippen molar-refractivity contribution in [3.63, 3.8) is 0 Å². The van der Waals surface area contributed by atoms with E-state index >= 15 is 0 Å². The second kappa shape index (κ2) is 8.06. The third-order valence-corrected chi connectivity index (χ3v) is 6.99. The van der Waals surface area contributed by atoms with Crippen LogP contribution in [-0.4, -0.2) is 41.4 Å². The molecule has 8 heteroatoms. The van der Waals surface area contributed by atoms with Crippen molar-refractivity contribution in [1.82, 2.24) is 10.3 Å². The van der Waals surface area contributed by atoms with Crippen LogP contribution in [0.1, 0.15) is 37.3 Å². The van der Waals surface area contributed by atoms with Gasteiger partial charge in [0.1, 0.15) is 5.71 Å². The van der Waals surface area contributed by atoms with E-state index in [-0.39, 0.29) is 30.2 Å². The molecule has 3 amide bonds. The first kappa shape index (κ1) is 20.7. The molecule has 1 spiro atoms. The molecule has 1 atom stereocenters. The maximum Gasteiger partial charge on any atom is 0.270 e. The number of rotatable bonds is 3. The van der Waals surface area contributed by atoms with Gasteiger partial charge in [-0.05, 0) is 42.7 Å². The molecule has 1 N–H and O–H groups in total. The number of anilines is 1. The molecule has 0 bridgehead atoms. The number of piperidine rings is 1. The number of β-lactam (4-membered cyclic amide) rings is 1. The number of likely N-dealkylation sites (tertiary alicyclic amines) is 1. The number of halogens is 1. The van der Waals surface area contributed by atoms with E-state index in [0.29, 0.717) is 43.1 Å². The lowest BCUT2D eigenvalue weighted by molar-refractivity contribution is -0.147. The third-order valence-electron chi connectivity index (χ3n) is 6.74. The Morgan fingerprint density at radius 1 is 1.00 bits per heavy atom. The van der Waals surface area contributed by atoms with E-state index in [0.717, 1.165) is 11.3 Å². The first-order valence-electron chi connectivity index (χ1n) is 10.8. The molecule has 32 heavy (non-hydrogen) atoms. The number of hydrogen-bond acceptors (Lipinski definition) is 4. The molecular formula is C24H23ClN4O3. The molecule has 164 valence electrons. The average Bonchev–Trinajstić information content (AvgIpc) is 2.83. The smallest absolute Gasteiger partial charge is 0.270 e. The second-order valence-electron chi connectivity index (χ2n) is 8.51. The number of nitrogens with one attached hydrogen (secondary N) is 1. The van der Waals surface area contributed by atoms with Crippen LogP contribution in [0.4, 0.5) is 5.69 Å². The summed E-state index contributed by atoms with van der Waals surface area (Å²) in [6.07, 6.45) is 1.77. The van der Waals surface area contributed by atoms with Crippen molar-refractivity contribution in [2.75, 3.05) is 18.0 Å². The highest BCUT2D eigenvalue weighted by atomic mass is 35.5. The molecule has 3 aliphatic heterocycles. The van der Waals surface area contributed by atoms with Gasteiger partial charge in [-0.25, -0.2) is 5.43 Å². The number of carbonyl (C=O) groups is 3. The number of nitrogens with zero attached hydrogens (tertiary/aromatic N) is 3. The number of para-hydroxylation sites is 1. The van der Waals surface area contributed by atoms with Gasteiger partial charge in [0.2, 0.25) is 11.8 Å². The van der Waals surface area contributed by atoms with Crippen LogP contribution in [0.15, 0.2) is 59.7 Å². The fourth-order valence-electron chi connectivity index (χ4n) is 5.03. The van der Waals surface area contributed by atoms with E-state index in [1.807, 2.05) is 59.5 Å². The van der Waals surface area contributed by atoms with Gasteiger partial charge in [-0.1, -0.05) is 41.9 Å². The summed E-state index contributed by atoms with van der Waals surface area (Å²) in [4.78, 5) is 41.3. The number of carbonyl (C=O) groups excluding carboxylic acids is 3. The predicted octanol–water partition coefficient (Wildman–Crippen LogP) is 3.30. The minimum atomic E-state index is -0.553. The van der Waals surface area contributed by atoms with Gasteiger partial charge < -0.3 is 9.80 Å². The molecule has 0 radical (unpaired) electrons. The summed E-state index contributed by atoms with van der Waals surface area (Å²) in [5, 5.41) is 4.58. The topological polar surface area (TPSA) is 82.1 Å². The first-order valence-corrected chi connectivity index (χ1v) is 11.2. The molecule has 0 aliphatic carbocycles. The lowest BCUT2D eigenvalue weighted by Crippen LogP contribution is -2.67. The SMILES string of the molecule is O=C1CCC(C(=O)N2CCC3(CC2)C(=O)N(c2ccccc2)C3c2ccc(Cl)cc2)=NN1. The van der Waals surface area contributed by atoms with E-state index in [9.17, 15) is 14.4 Å². The molecular weight excluding hydrogens is 428 g/mol. The van der Waals surface area contributed by atoms with Gasteiger partial charge in [0.15, 0.2) is 0 Å². The third kappa shape index (κ3) is 3.37. The van der Waals surface area contributed by atoms with Crippen LogP contribution in [0.25, 0.3) is 0 Å². The Morgan fingerprint density at radius 3 is 2.31 bits per heavy atom. The largest absolute Gasteiger partial charge is 0.337 e. The molecule has 3 heterocycles. The van der Waals surface area contributed by atoms with Gasteiger partial charge in [-0.15, -0.1) is 0 Å². The first-order chi connectivity index (χ1) is 15.5. The zero-order valence-electron chi connectivity index (χ0n) is 17.5. The Morgan fingerprint density at radius 2 is 1.69 bits per heavy atom. The number of benzene rings is 2. The van der Waals surface area contributed by atoms with Crippen molar-refractivity contribution in [1.29, 1.82) is 0 Å². The standard InChI is InChI=1S/C24H23ClN4O3/c25-17-8-6-16(7-9-17)21-24(23(32)29(21)18-4-2-1-3-5-18)12-14-28(15-13-24)22(31)19-10-11-20(30)27-26-19/h1-9,21H,10-15H2,(H,27,30). The molecule has 2 aromatic carbocycles. The van der Waals surface area contributed by atoms with Crippen LogP contribution in [-0.2, 0) is 14.4 Å². The van der Waals surface area contributed by atoms with E-state index in [1.165, 1.54) is 0 Å². The van der Waals surface area contributed by atoms with Gasteiger partial charge in [-0.3, -0.25) is 14.4 Å². The summed E-state index contributed by atoms with van der Waals surface area (Å²) in [7, 11) is 0. The molecule has 5 rings (SSSR count). The molecule has 7 nitrogen and oxygen atoms in total. The highest BCUT2D eigenvalue weighted by Crippen LogP contribution is 2.57. The molecule has 0 saturated carbocycles. The van der Waals surface area contributed by atoms with Gasteiger partial charge in [0, 0.05) is 36.6 Å². The summed E-state index contributed by atoms with van der Waals surface area (Å²) >= 11 is 6.11. The van der Waals surface area contributed by atoms with E-state index in [1.54, 1.807) is 4.90 Å². The van der Waals surface area contributed by atoms with Gasteiger partial charge in [0.05, 0.1) is 11.5 Å². The Labute approximate surface area is 191 Å². The number of hydrazone groups is 1. The summed E-state index contributed by atoms with van der Waals surface area (Å²) in [6, 6.07) is 17.2. The zero-order chi connectivity index (χ0) is 22.3. The maximum absolute atomic E-state index is 13.5. The van der Waals surface area contributed by atoms with Crippen molar-refractivity contribution in [2.24, 2.45) is 10.5 Å². The second-order valence-corrected chi connectivity index (χ2v) is 8.94. The van der Waals surface area contributed by atoms with Gasteiger partial charge >= 0.3 is 0 Å². The predicted molar refractivity (Wildman–Crippen MR) is 121 cm³/mol. The van der Waals surface area contributed by atoms with Crippen LogP contribution in [0.2, 0.25) is 5.02 Å². The van der Waals surface area contributed by atoms with Crippen molar-refractivity contribution in [3.8, 4) is 0 Å². The summed E-state index contributed by atoms with van der Waals surface area (Å²) in [5.41, 5.74) is 4.12. The monoisotopic (exact) mass is 450 g/mol. The molecule has 3 aliphatic rings. The van der Waals surface area contributed by atoms with E-state index < -0.39 is 5.41 Å². The van der Waals surface area contributed by atoms with Crippen molar-refractivity contribution in [3.05, 3.63) is 65.2 Å². The Bertz CT molecular complexity index is 1090. The summed E-state index contributed by atoms with van der Waals surface area (Å²) < 4.78 is 0. The van der Waals surface area contributed by atoms with Gasteiger partial charge in [0.25, 0.3) is 5.91 Å². The minimum absolute atomic E-state index is 0.0954. The zero-order valence-corrected chi connectivity index (χ0v) is 18.2. The van der Waals surface area contributed by atoms with Crippen molar-refractivity contribution >= 4 is 40.7 Å². The van der Waals surface area contributed by atoms with Crippen molar-refractivity contribution in [2.45, 2.75) is 31.7 Å². The molecule has 0 aromatic heterocycles. The highest BCUT2D eigenvalue weighted by Gasteiger charge is 2.62. The Kier molecular flexibility index (Phi) is 5.21. The number of amides is 3. The van der Waals surface area contributed by atoms with Crippen LogP contribution in [0.3, 0.4) is 0 Å². The lowest BCUT2D eigenvalue weighted by Gasteiger charge is -2.59. The lowest BCUT2D eigenvalue weighted by atomic mass is 9.62. The van der Waals surface area contributed by atoms with Crippen molar-refractivity contribution < 1.29 is 14.4 Å². The molecule has 2 fully saturated rings. The van der Waals surface area contributed by atoms with Crippen LogP contribution < -0.4 is 10.3 Å². The summed E-state index contributed by atoms with van der Waals surface area (Å²) in [6.45, 7) is 0.953. The number of hydrogen-bond donors (Lipinski definition) is 1. The molecule has 2 saturated heterocycles. The quantitative estimate of drug-likeness (QED) is 0.728. The van der Waals surface area contributed by atoms with Gasteiger partial charge in [-0.2, -0.15) is 5.10 Å². The van der Waals surface area contributed by atoms with Crippen LogP contribution >= 0.6 is 11.6 Å². The average molecular weight is 451 g/mol. The van der Waals surface area contributed by atoms with E-state index in [4.69, 9.17) is 11.6 Å².